The number of hydrogen-bond donors (Lipinski definition) is 3. The van der Waals surface area contributed by atoms with Crippen LogP contribution in [0.25, 0.3) is 0 Å². The number of nitro benzene ring substituents is 1. The van der Waals surface area contributed by atoms with Crippen LogP contribution in [0.15, 0.2) is 42.5 Å². The molecule has 0 aliphatic carbocycles. The topological polar surface area (TPSA) is 124 Å². The van der Waals surface area contributed by atoms with E-state index in [1.165, 1.54) is 23.8 Å². The predicted molar refractivity (Wildman–Crippen MR) is 97.3 cm³/mol. The summed E-state index contributed by atoms with van der Waals surface area (Å²) >= 11 is 0. The van der Waals surface area contributed by atoms with Crippen molar-refractivity contribution in [2.24, 2.45) is 5.73 Å². The molecule has 1 atom stereocenters. The summed E-state index contributed by atoms with van der Waals surface area (Å²) in [5, 5.41) is 13.6. The number of nitrogens with two attached hydrogens (primary N) is 2. The Balaban J connectivity index is 2.04. The number of para-hydroxylation sites is 1. The van der Waals surface area contributed by atoms with Gasteiger partial charge in [0, 0.05) is 18.7 Å². The van der Waals surface area contributed by atoms with Gasteiger partial charge in [0.15, 0.2) is 0 Å². The van der Waals surface area contributed by atoms with E-state index in [0.29, 0.717) is 5.92 Å². The summed E-state index contributed by atoms with van der Waals surface area (Å²) in [7, 11) is 0. The van der Waals surface area contributed by atoms with Crippen LogP contribution in [-0.2, 0) is 0 Å². The standard InChI is InChI=1S/C18H22N4O3/c1-11(2)12-6-8-13(9-7-12)15(19)10-21-18(23)14-4-3-5-16(17(14)20)22(24)25/h3-9,11,15H,10,19-20H2,1-2H3,(H,21,23). The van der Waals surface area contributed by atoms with Gasteiger partial charge in [0.2, 0.25) is 0 Å². The molecule has 2 aromatic carbocycles. The molecule has 0 saturated heterocycles. The minimum absolute atomic E-state index is 0.0663. The SMILES string of the molecule is CC(C)c1ccc(C(N)CNC(=O)c2cccc([N+](=O)[O-])c2N)cc1. The predicted octanol–water partition coefficient (Wildman–Crippen LogP) is 2.73. The van der Waals surface area contributed by atoms with Crippen LogP contribution in [0.5, 0.6) is 0 Å². The van der Waals surface area contributed by atoms with E-state index in [1.807, 2.05) is 24.3 Å². The highest BCUT2D eigenvalue weighted by Crippen LogP contribution is 2.24. The molecule has 132 valence electrons. The Bertz CT molecular complexity index is 772. The number of anilines is 1. The fourth-order valence-corrected chi connectivity index (χ4v) is 2.45. The highest BCUT2D eigenvalue weighted by atomic mass is 16.6. The summed E-state index contributed by atoms with van der Waals surface area (Å²) in [4.78, 5) is 22.5. The molecule has 1 amide bonds. The summed E-state index contributed by atoms with van der Waals surface area (Å²) in [6.45, 7) is 4.42. The minimum Gasteiger partial charge on any atom is -0.393 e. The van der Waals surface area contributed by atoms with Crippen molar-refractivity contribution in [2.75, 3.05) is 12.3 Å². The van der Waals surface area contributed by atoms with Gasteiger partial charge in [-0.25, -0.2) is 0 Å². The van der Waals surface area contributed by atoms with Gasteiger partial charge < -0.3 is 16.8 Å². The minimum atomic E-state index is -0.617. The van der Waals surface area contributed by atoms with Crippen LogP contribution in [0.4, 0.5) is 11.4 Å². The van der Waals surface area contributed by atoms with Gasteiger partial charge in [0.25, 0.3) is 11.6 Å². The summed E-state index contributed by atoms with van der Waals surface area (Å²) < 4.78 is 0. The van der Waals surface area contributed by atoms with E-state index in [2.05, 4.69) is 19.2 Å². The molecule has 0 aliphatic heterocycles. The maximum Gasteiger partial charge on any atom is 0.292 e. The van der Waals surface area contributed by atoms with Gasteiger partial charge in [-0.05, 0) is 23.1 Å². The number of carbonyl (C=O) groups is 1. The number of carbonyl (C=O) groups excluding carboxylic acids is 1. The maximum absolute atomic E-state index is 12.3. The van der Waals surface area contributed by atoms with E-state index < -0.39 is 10.8 Å². The summed E-state index contributed by atoms with van der Waals surface area (Å²) in [6, 6.07) is 11.6. The number of nitrogens with zero attached hydrogens (tertiary/aromatic N) is 1. The van der Waals surface area contributed by atoms with Gasteiger partial charge in [0.05, 0.1) is 10.5 Å². The number of rotatable bonds is 6. The first-order chi connectivity index (χ1) is 11.8. The van der Waals surface area contributed by atoms with Crippen molar-refractivity contribution >= 4 is 17.3 Å². The molecule has 0 aromatic heterocycles. The molecule has 0 bridgehead atoms. The largest absolute Gasteiger partial charge is 0.393 e. The van der Waals surface area contributed by atoms with Crippen LogP contribution >= 0.6 is 0 Å². The molecule has 1 unspecified atom stereocenters. The van der Waals surface area contributed by atoms with E-state index in [0.717, 1.165) is 5.56 Å². The summed E-state index contributed by atoms with van der Waals surface area (Å²) in [5.41, 5.74) is 13.6. The molecule has 7 nitrogen and oxygen atoms in total. The van der Waals surface area contributed by atoms with Crippen LogP contribution in [0.2, 0.25) is 0 Å². The zero-order valence-electron chi connectivity index (χ0n) is 14.2. The van der Waals surface area contributed by atoms with Gasteiger partial charge >= 0.3 is 0 Å². The van der Waals surface area contributed by atoms with E-state index in [-0.39, 0.29) is 29.5 Å². The molecule has 0 heterocycles. The van der Waals surface area contributed by atoms with E-state index in [1.54, 1.807) is 0 Å². The third-order valence-electron chi connectivity index (χ3n) is 4.04. The summed E-state index contributed by atoms with van der Waals surface area (Å²) in [6.07, 6.45) is 0. The fourth-order valence-electron chi connectivity index (χ4n) is 2.45. The van der Waals surface area contributed by atoms with Crippen molar-refractivity contribution in [3.8, 4) is 0 Å². The van der Waals surface area contributed by atoms with Gasteiger partial charge in [0.1, 0.15) is 5.69 Å². The molecule has 2 aromatic rings. The average Bonchev–Trinajstić information content (AvgIpc) is 2.59. The number of benzene rings is 2. The van der Waals surface area contributed by atoms with E-state index >= 15 is 0 Å². The van der Waals surface area contributed by atoms with Crippen molar-refractivity contribution in [1.29, 1.82) is 0 Å². The first-order valence-electron chi connectivity index (χ1n) is 7.97. The molecular formula is C18H22N4O3. The van der Waals surface area contributed by atoms with Crippen molar-refractivity contribution in [2.45, 2.75) is 25.8 Å². The van der Waals surface area contributed by atoms with Crippen molar-refractivity contribution in [3.05, 3.63) is 69.3 Å². The molecule has 0 saturated carbocycles. The first-order valence-corrected chi connectivity index (χ1v) is 7.97. The average molecular weight is 342 g/mol. The Morgan fingerprint density at radius 1 is 1.16 bits per heavy atom. The lowest BCUT2D eigenvalue weighted by Crippen LogP contribution is -2.32. The summed E-state index contributed by atoms with van der Waals surface area (Å²) in [5.74, 6) is -0.0581. The van der Waals surface area contributed by atoms with Crippen LogP contribution < -0.4 is 16.8 Å². The van der Waals surface area contributed by atoms with Crippen LogP contribution in [0.3, 0.4) is 0 Å². The second kappa shape index (κ2) is 7.76. The lowest BCUT2D eigenvalue weighted by Gasteiger charge is -2.15. The van der Waals surface area contributed by atoms with Crippen molar-refractivity contribution in [1.82, 2.24) is 5.32 Å². The number of nitro groups is 1. The number of amides is 1. The van der Waals surface area contributed by atoms with Gasteiger partial charge in [-0.15, -0.1) is 0 Å². The zero-order valence-corrected chi connectivity index (χ0v) is 14.2. The van der Waals surface area contributed by atoms with Gasteiger partial charge in [-0.1, -0.05) is 44.2 Å². The van der Waals surface area contributed by atoms with Crippen molar-refractivity contribution < 1.29 is 9.72 Å². The Kier molecular flexibility index (Phi) is 5.71. The molecule has 0 aliphatic rings. The molecule has 0 spiro atoms. The molecule has 7 heteroatoms. The smallest absolute Gasteiger partial charge is 0.292 e. The Hall–Kier alpha value is -2.93. The Morgan fingerprint density at radius 2 is 1.76 bits per heavy atom. The fraction of sp³-hybridized carbons (Fsp3) is 0.278. The third-order valence-corrected chi connectivity index (χ3v) is 4.04. The monoisotopic (exact) mass is 342 g/mol. The molecular weight excluding hydrogens is 320 g/mol. The quantitative estimate of drug-likeness (QED) is 0.423. The number of nitrogen functional groups attached to an aromatic ring is 1. The molecule has 0 radical (unpaired) electrons. The van der Waals surface area contributed by atoms with E-state index in [9.17, 15) is 14.9 Å². The molecule has 2 rings (SSSR count). The number of hydrogen-bond acceptors (Lipinski definition) is 5. The maximum atomic E-state index is 12.3. The van der Waals surface area contributed by atoms with Gasteiger partial charge in [-0.2, -0.15) is 0 Å². The second-order valence-corrected chi connectivity index (χ2v) is 6.13. The lowest BCUT2D eigenvalue weighted by atomic mass is 9.99. The Labute approximate surface area is 146 Å². The molecule has 25 heavy (non-hydrogen) atoms. The molecule has 0 fully saturated rings. The number of nitrogens with one attached hydrogen (secondary N) is 1. The van der Waals surface area contributed by atoms with Crippen molar-refractivity contribution in [3.63, 3.8) is 0 Å². The van der Waals surface area contributed by atoms with Crippen LogP contribution in [-0.4, -0.2) is 17.4 Å². The third kappa shape index (κ3) is 4.33. The highest BCUT2D eigenvalue weighted by molar-refractivity contribution is 6.01. The normalized spacial score (nSPS) is 12.0. The molecule has 5 N–H and O–H groups in total. The lowest BCUT2D eigenvalue weighted by molar-refractivity contribution is -0.383. The van der Waals surface area contributed by atoms with E-state index in [4.69, 9.17) is 11.5 Å². The Morgan fingerprint density at radius 3 is 2.32 bits per heavy atom. The first kappa shape index (κ1) is 18.4. The highest BCUT2D eigenvalue weighted by Gasteiger charge is 2.19. The zero-order chi connectivity index (χ0) is 18.6. The second-order valence-electron chi connectivity index (χ2n) is 6.13. The van der Waals surface area contributed by atoms with Crippen LogP contribution in [0.1, 0.15) is 47.3 Å². The van der Waals surface area contributed by atoms with Gasteiger partial charge in [-0.3, -0.25) is 14.9 Å². The van der Waals surface area contributed by atoms with Crippen LogP contribution in [0, 0.1) is 10.1 Å².